The number of oxazole rings is 1. The van der Waals surface area contributed by atoms with Crippen LogP contribution in [0.25, 0.3) is 11.5 Å². The van der Waals surface area contributed by atoms with Crippen molar-refractivity contribution in [1.29, 1.82) is 0 Å². The van der Waals surface area contributed by atoms with Crippen LogP contribution in [0, 0.1) is 6.92 Å². The molecule has 1 aromatic heterocycles. The highest BCUT2D eigenvalue weighted by molar-refractivity contribution is 5.85. The van der Waals surface area contributed by atoms with Crippen LogP contribution in [0.5, 0.6) is 0 Å². The van der Waals surface area contributed by atoms with E-state index in [9.17, 15) is 4.79 Å². The molecule has 0 atom stereocenters. The van der Waals surface area contributed by atoms with Gasteiger partial charge in [0.2, 0.25) is 11.8 Å². The number of hydrogen-bond acceptors (Lipinski definition) is 4. The van der Waals surface area contributed by atoms with Crippen molar-refractivity contribution in [2.24, 2.45) is 0 Å². The largest absolute Gasteiger partial charge is 0.441 e. The number of halogens is 2. The molecule has 0 radical (unpaired) electrons. The van der Waals surface area contributed by atoms with Crippen LogP contribution in [0.2, 0.25) is 0 Å². The van der Waals surface area contributed by atoms with E-state index < -0.39 is 0 Å². The minimum atomic E-state index is -0.0258. The van der Waals surface area contributed by atoms with E-state index in [2.05, 4.69) is 15.6 Å². The molecule has 0 bridgehead atoms. The van der Waals surface area contributed by atoms with Crippen LogP contribution in [0.15, 0.2) is 34.7 Å². The number of aromatic nitrogens is 1. The Morgan fingerprint density at radius 3 is 2.52 bits per heavy atom. The summed E-state index contributed by atoms with van der Waals surface area (Å²) in [7, 11) is 1.89. The lowest BCUT2D eigenvalue weighted by atomic mass is 10.2. The minimum absolute atomic E-state index is 0. The molecule has 0 aliphatic rings. The van der Waals surface area contributed by atoms with E-state index in [-0.39, 0.29) is 37.1 Å². The molecule has 5 nitrogen and oxygen atoms in total. The first-order valence-corrected chi connectivity index (χ1v) is 7.13. The van der Waals surface area contributed by atoms with E-state index in [0.717, 1.165) is 18.5 Å². The first-order valence-electron chi connectivity index (χ1n) is 7.13. The Morgan fingerprint density at radius 2 is 1.87 bits per heavy atom. The summed E-state index contributed by atoms with van der Waals surface area (Å²) < 4.78 is 5.64. The summed E-state index contributed by atoms with van der Waals surface area (Å²) in [5.74, 6) is 1.23. The van der Waals surface area contributed by atoms with Gasteiger partial charge in [-0.25, -0.2) is 4.98 Å². The molecule has 2 N–H and O–H groups in total. The van der Waals surface area contributed by atoms with Crippen molar-refractivity contribution in [3.63, 3.8) is 0 Å². The average molecular weight is 360 g/mol. The predicted octanol–water partition coefficient (Wildman–Crippen LogP) is 2.76. The number of aryl methyl sites for hydroxylation is 1. The van der Waals surface area contributed by atoms with Gasteiger partial charge in [-0.1, -0.05) is 18.2 Å². The lowest BCUT2D eigenvalue weighted by molar-refractivity contribution is -0.120. The first kappa shape index (κ1) is 21.4. The molecule has 0 saturated heterocycles. The molecule has 128 valence electrons. The second-order valence-electron chi connectivity index (χ2n) is 4.87. The molecule has 2 rings (SSSR count). The maximum atomic E-state index is 11.9. The third kappa shape index (κ3) is 6.60. The smallest absolute Gasteiger partial charge is 0.226 e. The summed E-state index contributed by atoms with van der Waals surface area (Å²) in [4.78, 5) is 16.3. The summed E-state index contributed by atoms with van der Waals surface area (Å²) in [6.07, 6.45) is 1.16. The normalized spacial score (nSPS) is 9.65. The van der Waals surface area contributed by atoms with Crippen LogP contribution < -0.4 is 10.6 Å². The molecule has 0 spiro atoms. The summed E-state index contributed by atoms with van der Waals surface area (Å²) >= 11 is 0. The van der Waals surface area contributed by atoms with Crippen molar-refractivity contribution in [1.82, 2.24) is 15.6 Å². The van der Waals surface area contributed by atoms with Crippen LogP contribution in [-0.2, 0) is 11.2 Å². The predicted molar refractivity (Wildman–Crippen MR) is 96.4 cm³/mol. The van der Waals surface area contributed by atoms with Crippen molar-refractivity contribution in [3.05, 3.63) is 41.8 Å². The molecular formula is C16H23Cl2N3O2. The van der Waals surface area contributed by atoms with E-state index in [1.807, 2.05) is 44.3 Å². The third-order valence-electron chi connectivity index (χ3n) is 3.17. The Labute approximate surface area is 149 Å². The fourth-order valence-corrected chi connectivity index (χ4v) is 2.00. The topological polar surface area (TPSA) is 67.2 Å². The molecule has 23 heavy (non-hydrogen) atoms. The van der Waals surface area contributed by atoms with Crippen molar-refractivity contribution in [2.45, 2.75) is 19.8 Å². The van der Waals surface area contributed by atoms with Gasteiger partial charge in [0.1, 0.15) is 5.76 Å². The zero-order chi connectivity index (χ0) is 15.1. The summed E-state index contributed by atoms with van der Waals surface area (Å²) in [6.45, 7) is 3.40. The van der Waals surface area contributed by atoms with E-state index in [4.69, 9.17) is 4.42 Å². The highest BCUT2D eigenvalue weighted by atomic mass is 35.5. The quantitative estimate of drug-likeness (QED) is 0.745. The van der Waals surface area contributed by atoms with Gasteiger partial charge in [-0.15, -0.1) is 24.8 Å². The Balaban J connectivity index is 0.00000242. The number of carbonyl (C=O) groups is 1. The van der Waals surface area contributed by atoms with Crippen LogP contribution in [0.1, 0.15) is 17.9 Å². The van der Waals surface area contributed by atoms with E-state index in [0.29, 0.717) is 23.9 Å². The third-order valence-corrected chi connectivity index (χ3v) is 3.17. The van der Waals surface area contributed by atoms with Gasteiger partial charge >= 0.3 is 0 Å². The van der Waals surface area contributed by atoms with Crippen molar-refractivity contribution in [2.75, 3.05) is 20.1 Å². The number of benzene rings is 1. The minimum Gasteiger partial charge on any atom is -0.441 e. The Hall–Kier alpha value is -1.56. The number of carbonyl (C=O) groups excluding carboxylic acids is 1. The van der Waals surface area contributed by atoms with Gasteiger partial charge in [0.25, 0.3) is 0 Å². The molecular weight excluding hydrogens is 337 g/mol. The molecule has 0 aliphatic heterocycles. The Bertz CT molecular complexity index is 588. The number of nitrogens with zero attached hydrogens (tertiary/aromatic N) is 1. The number of rotatable bonds is 7. The van der Waals surface area contributed by atoms with Crippen molar-refractivity contribution >= 4 is 30.7 Å². The molecule has 1 amide bonds. The van der Waals surface area contributed by atoms with E-state index in [1.165, 1.54) is 0 Å². The first-order chi connectivity index (χ1) is 10.2. The van der Waals surface area contributed by atoms with Crippen LogP contribution in [0.4, 0.5) is 0 Å². The van der Waals surface area contributed by atoms with Gasteiger partial charge in [0, 0.05) is 12.1 Å². The fourth-order valence-electron chi connectivity index (χ4n) is 2.00. The summed E-state index contributed by atoms with van der Waals surface area (Å²) in [5.41, 5.74) is 1.61. The van der Waals surface area contributed by atoms with Gasteiger partial charge < -0.3 is 15.1 Å². The monoisotopic (exact) mass is 359 g/mol. The van der Waals surface area contributed by atoms with Crippen LogP contribution >= 0.6 is 24.8 Å². The number of amides is 1. The zero-order valence-corrected chi connectivity index (χ0v) is 14.9. The molecule has 7 heteroatoms. The molecule has 1 aromatic carbocycles. The van der Waals surface area contributed by atoms with Gasteiger partial charge in [0.05, 0.1) is 12.1 Å². The lowest BCUT2D eigenvalue weighted by Gasteiger charge is -2.03. The van der Waals surface area contributed by atoms with Crippen LogP contribution in [-0.4, -0.2) is 31.0 Å². The molecule has 0 fully saturated rings. The fraction of sp³-hybridized carbons (Fsp3) is 0.375. The average Bonchev–Trinajstić information content (AvgIpc) is 2.86. The standard InChI is InChI=1S/C16H21N3O2.2ClH/c1-12-14(11-15(20)18-10-6-9-17-2)19-16(21-12)13-7-4-3-5-8-13;;/h3-5,7-8,17H,6,9-11H2,1-2H3,(H,18,20);2*1H. The van der Waals surface area contributed by atoms with E-state index >= 15 is 0 Å². The van der Waals surface area contributed by atoms with Gasteiger partial charge in [-0.05, 0) is 39.1 Å². The second-order valence-corrected chi connectivity index (χ2v) is 4.87. The molecule has 2 aromatic rings. The molecule has 0 unspecified atom stereocenters. The number of nitrogens with one attached hydrogen (secondary N) is 2. The molecule has 0 aliphatic carbocycles. The SMILES string of the molecule is CNCCCNC(=O)Cc1nc(-c2ccccc2)oc1C.Cl.Cl. The maximum Gasteiger partial charge on any atom is 0.226 e. The highest BCUT2D eigenvalue weighted by Gasteiger charge is 2.14. The zero-order valence-electron chi connectivity index (χ0n) is 13.3. The molecule has 0 saturated carbocycles. The van der Waals surface area contributed by atoms with Gasteiger partial charge in [-0.2, -0.15) is 0 Å². The van der Waals surface area contributed by atoms with Crippen molar-refractivity contribution < 1.29 is 9.21 Å². The number of hydrogen-bond donors (Lipinski definition) is 2. The Kier molecular flexibility index (Phi) is 10.3. The van der Waals surface area contributed by atoms with E-state index in [1.54, 1.807) is 0 Å². The van der Waals surface area contributed by atoms with Gasteiger partial charge in [0.15, 0.2) is 0 Å². The van der Waals surface area contributed by atoms with Crippen LogP contribution in [0.3, 0.4) is 0 Å². The second kappa shape index (κ2) is 11.0. The Morgan fingerprint density at radius 1 is 1.17 bits per heavy atom. The van der Waals surface area contributed by atoms with Crippen molar-refractivity contribution in [3.8, 4) is 11.5 Å². The molecule has 1 heterocycles. The highest BCUT2D eigenvalue weighted by Crippen LogP contribution is 2.21. The maximum absolute atomic E-state index is 11.9. The summed E-state index contributed by atoms with van der Waals surface area (Å²) in [5, 5.41) is 5.92. The summed E-state index contributed by atoms with van der Waals surface area (Å²) in [6, 6.07) is 9.69. The lowest BCUT2D eigenvalue weighted by Crippen LogP contribution is -2.28. The van der Waals surface area contributed by atoms with Gasteiger partial charge in [-0.3, -0.25) is 4.79 Å².